The second-order valence-electron chi connectivity index (χ2n) is 5.64. The van der Waals surface area contributed by atoms with Crippen molar-refractivity contribution >= 4 is 5.91 Å². The highest BCUT2D eigenvalue weighted by atomic mass is 16.2. The fourth-order valence-electron chi connectivity index (χ4n) is 3.01. The number of nitrogens with two attached hydrogens (primary N) is 1. The van der Waals surface area contributed by atoms with E-state index >= 15 is 0 Å². The smallest absolute Gasteiger partial charge is 0.225 e. The first-order valence-electron chi connectivity index (χ1n) is 6.71. The highest BCUT2D eigenvalue weighted by molar-refractivity contribution is 5.79. The third kappa shape index (κ3) is 2.76. The molecule has 1 aliphatic carbocycles. The fourth-order valence-corrected chi connectivity index (χ4v) is 3.01. The lowest BCUT2D eigenvalue weighted by molar-refractivity contribution is -0.138. The summed E-state index contributed by atoms with van der Waals surface area (Å²) < 4.78 is 0. The predicted molar refractivity (Wildman–Crippen MR) is 64.9 cm³/mol. The van der Waals surface area contributed by atoms with Crippen molar-refractivity contribution in [2.75, 3.05) is 13.1 Å². The van der Waals surface area contributed by atoms with E-state index in [4.69, 9.17) is 5.73 Å². The van der Waals surface area contributed by atoms with E-state index in [0.717, 1.165) is 38.8 Å². The molecule has 1 aliphatic heterocycles. The van der Waals surface area contributed by atoms with E-state index in [-0.39, 0.29) is 5.92 Å². The quantitative estimate of drug-likeness (QED) is 0.737. The van der Waals surface area contributed by atoms with Crippen LogP contribution >= 0.6 is 0 Å². The first-order chi connectivity index (χ1) is 7.66. The highest BCUT2D eigenvalue weighted by Gasteiger charge is 2.30. The first-order valence-corrected chi connectivity index (χ1v) is 6.71. The molecule has 1 atom stereocenters. The molecular weight excluding hydrogens is 200 g/mol. The predicted octanol–water partition coefficient (Wildman–Crippen LogP) is 1.76. The first kappa shape index (κ1) is 11.9. The molecule has 2 rings (SSSR count). The second kappa shape index (κ2) is 5.17. The summed E-state index contributed by atoms with van der Waals surface area (Å²) in [5.74, 6) is 1.35. The van der Waals surface area contributed by atoms with E-state index < -0.39 is 0 Å². The van der Waals surface area contributed by atoms with Crippen LogP contribution in [0, 0.1) is 11.8 Å². The summed E-state index contributed by atoms with van der Waals surface area (Å²) in [5.41, 5.74) is 5.87. The average molecular weight is 224 g/mol. The van der Waals surface area contributed by atoms with Gasteiger partial charge in [0.25, 0.3) is 0 Å². The number of piperidine rings is 1. The summed E-state index contributed by atoms with van der Waals surface area (Å²) in [5, 5.41) is 0. The van der Waals surface area contributed by atoms with Crippen LogP contribution in [0.25, 0.3) is 0 Å². The zero-order valence-corrected chi connectivity index (χ0v) is 10.3. The van der Waals surface area contributed by atoms with Crippen molar-refractivity contribution in [2.24, 2.45) is 17.6 Å². The Morgan fingerprint density at radius 1 is 1.19 bits per heavy atom. The number of hydrogen-bond acceptors (Lipinski definition) is 2. The Bertz CT molecular complexity index is 246. The minimum absolute atomic E-state index is 0.269. The van der Waals surface area contributed by atoms with Crippen LogP contribution in [0.3, 0.4) is 0 Å². The van der Waals surface area contributed by atoms with Crippen molar-refractivity contribution in [1.82, 2.24) is 4.90 Å². The maximum Gasteiger partial charge on any atom is 0.225 e. The van der Waals surface area contributed by atoms with E-state index in [0.29, 0.717) is 17.9 Å². The Balaban J connectivity index is 1.86. The molecule has 0 aromatic carbocycles. The van der Waals surface area contributed by atoms with Crippen LogP contribution in [0.4, 0.5) is 0 Å². The van der Waals surface area contributed by atoms with Gasteiger partial charge in [-0.05, 0) is 44.4 Å². The van der Waals surface area contributed by atoms with Gasteiger partial charge in [-0.2, -0.15) is 0 Å². The molecule has 0 aromatic heterocycles. The molecule has 92 valence electrons. The number of likely N-dealkylation sites (tertiary alicyclic amines) is 1. The third-order valence-corrected chi connectivity index (χ3v) is 4.09. The average Bonchev–Trinajstić information content (AvgIpc) is 2.29. The van der Waals surface area contributed by atoms with Crippen molar-refractivity contribution in [3.63, 3.8) is 0 Å². The van der Waals surface area contributed by atoms with E-state index in [2.05, 4.69) is 11.8 Å². The molecule has 3 nitrogen and oxygen atoms in total. The normalized spacial score (nSPS) is 36.1. The molecule has 0 spiro atoms. The molecule has 0 bridgehead atoms. The van der Waals surface area contributed by atoms with Gasteiger partial charge in [-0.3, -0.25) is 4.79 Å². The summed E-state index contributed by atoms with van der Waals surface area (Å²) in [4.78, 5) is 14.4. The molecule has 16 heavy (non-hydrogen) atoms. The summed E-state index contributed by atoms with van der Waals surface area (Å²) in [6, 6.07) is 0.337. The Morgan fingerprint density at radius 2 is 1.88 bits per heavy atom. The van der Waals surface area contributed by atoms with Crippen LogP contribution in [0.2, 0.25) is 0 Å². The van der Waals surface area contributed by atoms with Gasteiger partial charge >= 0.3 is 0 Å². The van der Waals surface area contributed by atoms with Gasteiger partial charge in [-0.1, -0.05) is 6.92 Å². The third-order valence-electron chi connectivity index (χ3n) is 4.09. The van der Waals surface area contributed by atoms with E-state index in [1.807, 2.05) is 0 Å². The van der Waals surface area contributed by atoms with Crippen LogP contribution in [-0.2, 0) is 4.79 Å². The Kier molecular flexibility index (Phi) is 3.85. The van der Waals surface area contributed by atoms with Crippen LogP contribution in [0.15, 0.2) is 0 Å². The fraction of sp³-hybridized carbons (Fsp3) is 0.923. The maximum atomic E-state index is 12.3. The highest BCUT2D eigenvalue weighted by Crippen LogP contribution is 2.27. The molecular formula is C13H24N2O. The molecule has 1 unspecified atom stereocenters. The van der Waals surface area contributed by atoms with Crippen molar-refractivity contribution in [1.29, 1.82) is 0 Å². The van der Waals surface area contributed by atoms with E-state index in [9.17, 15) is 4.79 Å². The van der Waals surface area contributed by atoms with Gasteiger partial charge in [0.05, 0.1) is 0 Å². The number of hydrogen-bond donors (Lipinski definition) is 1. The van der Waals surface area contributed by atoms with Gasteiger partial charge in [0.15, 0.2) is 0 Å². The number of carbonyl (C=O) groups is 1. The van der Waals surface area contributed by atoms with Gasteiger partial charge in [-0.25, -0.2) is 0 Å². The summed E-state index contributed by atoms with van der Waals surface area (Å²) in [7, 11) is 0. The van der Waals surface area contributed by atoms with Gasteiger partial charge < -0.3 is 10.6 Å². The largest absolute Gasteiger partial charge is 0.342 e. The molecule has 1 saturated heterocycles. The molecule has 3 heteroatoms. The van der Waals surface area contributed by atoms with Crippen molar-refractivity contribution in [3.05, 3.63) is 0 Å². The monoisotopic (exact) mass is 224 g/mol. The number of amides is 1. The molecule has 0 aromatic rings. The minimum Gasteiger partial charge on any atom is -0.342 e. The minimum atomic E-state index is 0.269. The summed E-state index contributed by atoms with van der Waals surface area (Å²) in [6.45, 7) is 4.20. The second-order valence-corrected chi connectivity index (χ2v) is 5.64. The van der Waals surface area contributed by atoms with Crippen molar-refractivity contribution in [3.8, 4) is 0 Å². The Labute approximate surface area is 98.4 Å². The molecule has 1 amide bonds. The number of nitrogens with zero attached hydrogens (tertiary/aromatic N) is 1. The lowest BCUT2D eigenvalue weighted by Crippen LogP contribution is -2.44. The van der Waals surface area contributed by atoms with Crippen LogP contribution in [0.5, 0.6) is 0 Å². The van der Waals surface area contributed by atoms with Crippen LogP contribution in [-0.4, -0.2) is 29.9 Å². The van der Waals surface area contributed by atoms with E-state index in [1.54, 1.807) is 0 Å². The van der Waals surface area contributed by atoms with Gasteiger partial charge in [0.2, 0.25) is 5.91 Å². The lowest BCUT2D eigenvalue weighted by atomic mass is 9.85. The zero-order chi connectivity index (χ0) is 11.5. The topological polar surface area (TPSA) is 46.3 Å². The van der Waals surface area contributed by atoms with Gasteiger partial charge in [0, 0.05) is 25.0 Å². The maximum absolute atomic E-state index is 12.3. The SMILES string of the molecule is CC1CCCN(C(=O)C2CCC(N)CC2)C1. The number of carbonyl (C=O) groups excluding carboxylic acids is 1. The standard InChI is InChI=1S/C13H24N2O/c1-10-3-2-8-15(9-10)13(16)11-4-6-12(14)7-5-11/h10-12H,2-9,14H2,1H3. The Morgan fingerprint density at radius 3 is 2.50 bits per heavy atom. The summed E-state index contributed by atoms with van der Waals surface area (Å²) in [6.07, 6.45) is 6.52. The Hall–Kier alpha value is -0.570. The molecule has 2 fully saturated rings. The van der Waals surface area contributed by atoms with Crippen LogP contribution in [0.1, 0.15) is 45.4 Å². The summed E-state index contributed by atoms with van der Waals surface area (Å²) >= 11 is 0. The lowest BCUT2D eigenvalue weighted by Gasteiger charge is -2.35. The molecule has 0 radical (unpaired) electrons. The van der Waals surface area contributed by atoms with E-state index in [1.165, 1.54) is 12.8 Å². The van der Waals surface area contributed by atoms with Gasteiger partial charge in [0.1, 0.15) is 0 Å². The zero-order valence-electron chi connectivity index (χ0n) is 10.3. The van der Waals surface area contributed by atoms with Crippen molar-refractivity contribution < 1.29 is 4.79 Å². The van der Waals surface area contributed by atoms with Gasteiger partial charge in [-0.15, -0.1) is 0 Å². The molecule has 1 heterocycles. The molecule has 1 saturated carbocycles. The van der Waals surface area contributed by atoms with Crippen LogP contribution < -0.4 is 5.73 Å². The number of rotatable bonds is 1. The molecule has 2 N–H and O–H groups in total. The molecule has 2 aliphatic rings. The van der Waals surface area contributed by atoms with Crippen molar-refractivity contribution in [2.45, 2.75) is 51.5 Å².